The number of benzene rings is 1. The first-order valence-corrected chi connectivity index (χ1v) is 12.3. The SMILES string of the molecule is CC1(C)CC=C(c2cc(C(C)(C)CN3CCS(=O)(=O)CC3)ccc2C(N)=O)CC1. The molecule has 2 N–H and O–H groups in total. The highest BCUT2D eigenvalue weighted by Gasteiger charge is 2.30. The summed E-state index contributed by atoms with van der Waals surface area (Å²) in [7, 11) is -2.88. The van der Waals surface area contributed by atoms with Crippen LogP contribution in [0.15, 0.2) is 24.3 Å². The van der Waals surface area contributed by atoms with Crippen molar-refractivity contribution in [3.63, 3.8) is 0 Å². The molecular formula is C23H34N2O3S. The Labute approximate surface area is 175 Å². The lowest BCUT2D eigenvalue weighted by atomic mass is 9.75. The highest BCUT2D eigenvalue weighted by atomic mass is 32.2. The van der Waals surface area contributed by atoms with E-state index in [1.54, 1.807) is 0 Å². The quantitative estimate of drug-likeness (QED) is 0.795. The Balaban J connectivity index is 1.88. The molecule has 29 heavy (non-hydrogen) atoms. The van der Waals surface area contributed by atoms with Crippen molar-refractivity contribution in [2.24, 2.45) is 11.1 Å². The van der Waals surface area contributed by atoms with E-state index in [0.717, 1.165) is 36.9 Å². The number of nitrogens with two attached hydrogens (primary N) is 1. The highest BCUT2D eigenvalue weighted by molar-refractivity contribution is 7.91. The Hall–Kier alpha value is -1.66. The third kappa shape index (κ3) is 5.28. The standard InChI is InChI=1S/C23H34N2O3S/c1-22(2)9-7-17(8-10-22)20-15-18(5-6-19(20)21(24)26)23(3,4)16-25-11-13-29(27,28)14-12-25/h5-7,15H,8-14,16H2,1-4H3,(H2,24,26). The highest BCUT2D eigenvalue weighted by Crippen LogP contribution is 2.40. The molecule has 0 atom stereocenters. The smallest absolute Gasteiger partial charge is 0.249 e. The molecule has 0 unspecified atom stereocenters. The number of hydrogen-bond donors (Lipinski definition) is 1. The predicted octanol–water partition coefficient (Wildman–Crippen LogP) is 3.39. The second-order valence-corrected chi connectivity index (χ2v) is 12.3. The summed E-state index contributed by atoms with van der Waals surface area (Å²) in [5.74, 6) is 0.0752. The minimum atomic E-state index is -2.88. The first-order chi connectivity index (χ1) is 13.4. The maximum Gasteiger partial charge on any atom is 0.249 e. The molecule has 0 aromatic heterocycles. The van der Waals surface area contributed by atoms with E-state index >= 15 is 0 Å². The molecule has 5 nitrogen and oxygen atoms in total. The van der Waals surface area contributed by atoms with Gasteiger partial charge in [0, 0.05) is 30.6 Å². The normalized spacial score (nSPS) is 22.1. The van der Waals surface area contributed by atoms with Crippen molar-refractivity contribution in [2.45, 2.75) is 52.4 Å². The van der Waals surface area contributed by atoms with E-state index in [1.807, 2.05) is 12.1 Å². The summed E-state index contributed by atoms with van der Waals surface area (Å²) in [6.45, 7) is 10.8. The fourth-order valence-electron chi connectivity index (χ4n) is 4.33. The second kappa shape index (κ2) is 7.88. The number of carbonyl (C=O) groups excluding carboxylic acids is 1. The number of nitrogens with zero attached hydrogens (tertiary/aromatic N) is 1. The van der Waals surface area contributed by atoms with Crippen molar-refractivity contribution < 1.29 is 13.2 Å². The molecule has 0 spiro atoms. The third-order valence-corrected chi connectivity index (χ3v) is 8.05. The van der Waals surface area contributed by atoms with Crippen LogP contribution in [-0.4, -0.2) is 50.4 Å². The van der Waals surface area contributed by atoms with Gasteiger partial charge in [0.2, 0.25) is 5.91 Å². The third-order valence-electron chi connectivity index (χ3n) is 6.44. The molecule has 1 aliphatic heterocycles. The molecule has 1 aromatic carbocycles. The molecule has 0 saturated carbocycles. The topological polar surface area (TPSA) is 80.5 Å². The zero-order chi connectivity index (χ0) is 21.4. The molecule has 1 heterocycles. The molecule has 3 rings (SSSR count). The molecule has 6 heteroatoms. The minimum Gasteiger partial charge on any atom is -0.366 e. The Bertz CT molecular complexity index is 915. The summed E-state index contributed by atoms with van der Waals surface area (Å²) in [6, 6.07) is 5.98. The summed E-state index contributed by atoms with van der Waals surface area (Å²) in [5, 5.41) is 0. The molecular weight excluding hydrogens is 384 g/mol. The number of hydrogen-bond acceptors (Lipinski definition) is 4. The number of allylic oxidation sites excluding steroid dienone is 2. The van der Waals surface area contributed by atoms with Gasteiger partial charge in [0.1, 0.15) is 0 Å². The lowest BCUT2D eigenvalue weighted by molar-refractivity contribution is 0.1000. The Kier molecular flexibility index (Phi) is 5.98. The molecule has 0 bridgehead atoms. The van der Waals surface area contributed by atoms with Gasteiger partial charge in [-0.2, -0.15) is 0 Å². The Morgan fingerprint density at radius 3 is 2.41 bits per heavy atom. The fourth-order valence-corrected chi connectivity index (χ4v) is 5.60. The molecule has 1 fully saturated rings. The van der Waals surface area contributed by atoms with Gasteiger partial charge in [-0.25, -0.2) is 8.42 Å². The van der Waals surface area contributed by atoms with E-state index in [4.69, 9.17) is 5.73 Å². The lowest BCUT2D eigenvalue weighted by Crippen LogP contribution is -2.45. The van der Waals surface area contributed by atoms with Gasteiger partial charge in [0.05, 0.1) is 11.5 Å². The number of rotatable bonds is 5. The van der Waals surface area contributed by atoms with Gasteiger partial charge < -0.3 is 10.6 Å². The zero-order valence-corrected chi connectivity index (χ0v) is 18.9. The average molecular weight is 419 g/mol. The van der Waals surface area contributed by atoms with E-state index in [2.05, 4.69) is 44.7 Å². The zero-order valence-electron chi connectivity index (χ0n) is 18.1. The van der Waals surface area contributed by atoms with Gasteiger partial charge in [0.15, 0.2) is 9.84 Å². The number of amides is 1. The first kappa shape index (κ1) is 22.0. The van der Waals surface area contributed by atoms with Crippen LogP contribution in [0.3, 0.4) is 0 Å². The van der Waals surface area contributed by atoms with Crippen molar-refractivity contribution in [1.82, 2.24) is 4.90 Å². The van der Waals surface area contributed by atoms with Crippen LogP contribution >= 0.6 is 0 Å². The van der Waals surface area contributed by atoms with Gasteiger partial charge in [-0.05, 0) is 47.4 Å². The predicted molar refractivity (Wildman–Crippen MR) is 119 cm³/mol. The molecule has 160 valence electrons. The van der Waals surface area contributed by atoms with Crippen molar-refractivity contribution in [1.29, 1.82) is 0 Å². The minimum absolute atomic E-state index is 0.166. The van der Waals surface area contributed by atoms with Crippen LogP contribution in [0.4, 0.5) is 0 Å². The second-order valence-electron chi connectivity index (χ2n) is 10.0. The van der Waals surface area contributed by atoms with Crippen LogP contribution in [0.1, 0.15) is 68.4 Å². The van der Waals surface area contributed by atoms with E-state index in [-0.39, 0.29) is 16.9 Å². The van der Waals surface area contributed by atoms with Crippen molar-refractivity contribution in [2.75, 3.05) is 31.1 Å². The average Bonchev–Trinajstić information content (AvgIpc) is 2.63. The number of carbonyl (C=O) groups is 1. The molecule has 1 aromatic rings. The van der Waals surface area contributed by atoms with E-state index in [9.17, 15) is 13.2 Å². The maximum atomic E-state index is 12.1. The molecule has 1 aliphatic carbocycles. The van der Waals surface area contributed by atoms with Crippen LogP contribution in [0.2, 0.25) is 0 Å². The van der Waals surface area contributed by atoms with Gasteiger partial charge in [-0.3, -0.25) is 4.79 Å². The largest absolute Gasteiger partial charge is 0.366 e. The van der Waals surface area contributed by atoms with E-state index in [1.165, 1.54) is 5.57 Å². The van der Waals surface area contributed by atoms with Crippen LogP contribution in [-0.2, 0) is 15.3 Å². The number of sulfone groups is 1. The Morgan fingerprint density at radius 1 is 1.21 bits per heavy atom. The molecule has 1 amide bonds. The first-order valence-electron chi connectivity index (χ1n) is 10.5. The Morgan fingerprint density at radius 2 is 1.86 bits per heavy atom. The van der Waals surface area contributed by atoms with Crippen LogP contribution in [0, 0.1) is 5.41 Å². The summed E-state index contributed by atoms with van der Waals surface area (Å²) < 4.78 is 23.4. The fraction of sp³-hybridized carbons (Fsp3) is 0.609. The summed E-state index contributed by atoms with van der Waals surface area (Å²) in [4.78, 5) is 14.3. The monoisotopic (exact) mass is 418 g/mol. The summed E-state index contributed by atoms with van der Waals surface area (Å²) in [6.07, 6.45) is 5.29. The van der Waals surface area contributed by atoms with Crippen molar-refractivity contribution >= 4 is 21.3 Å². The van der Waals surface area contributed by atoms with Gasteiger partial charge in [-0.1, -0.05) is 45.9 Å². The molecule has 0 radical (unpaired) electrons. The summed E-state index contributed by atoms with van der Waals surface area (Å²) >= 11 is 0. The van der Waals surface area contributed by atoms with Gasteiger partial charge in [-0.15, -0.1) is 0 Å². The van der Waals surface area contributed by atoms with Crippen LogP contribution in [0.25, 0.3) is 5.57 Å². The van der Waals surface area contributed by atoms with Crippen molar-refractivity contribution in [3.8, 4) is 0 Å². The molecule has 1 saturated heterocycles. The van der Waals surface area contributed by atoms with Gasteiger partial charge >= 0.3 is 0 Å². The van der Waals surface area contributed by atoms with Crippen LogP contribution < -0.4 is 5.73 Å². The van der Waals surface area contributed by atoms with Crippen LogP contribution in [0.5, 0.6) is 0 Å². The summed E-state index contributed by atoms with van der Waals surface area (Å²) in [5.41, 5.74) is 9.70. The lowest BCUT2D eigenvalue weighted by Gasteiger charge is -2.36. The van der Waals surface area contributed by atoms with E-state index < -0.39 is 15.7 Å². The van der Waals surface area contributed by atoms with Gasteiger partial charge in [0.25, 0.3) is 0 Å². The van der Waals surface area contributed by atoms with E-state index in [0.29, 0.717) is 24.1 Å². The maximum absolute atomic E-state index is 12.1. The number of primary amides is 1. The molecule has 2 aliphatic rings. The van der Waals surface area contributed by atoms with Crippen molar-refractivity contribution in [3.05, 3.63) is 41.0 Å².